The van der Waals surface area contributed by atoms with E-state index in [-0.39, 0.29) is 30.9 Å². The molecule has 1 aromatic carbocycles. The molecule has 4 amide bonds. The van der Waals surface area contributed by atoms with Crippen molar-refractivity contribution in [3.05, 3.63) is 29.8 Å². The number of carbonyl (C=O) groups is 3. The van der Waals surface area contributed by atoms with Crippen molar-refractivity contribution in [2.45, 2.75) is 19.4 Å². The van der Waals surface area contributed by atoms with Gasteiger partial charge in [0.25, 0.3) is 0 Å². The van der Waals surface area contributed by atoms with E-state index in [1.54, 1.807) is 7.05 Å². The molecule has 0 unspecified atom stereocenters. The van der Waals surface area contributed by atoms with E-state index >= 15 is 0 Å². The van der Waals surface area contributed by atoms with Crippen molar-refractivity contribution in [1.29, 1.82) is 0 Å². The van der Waals surface area contributed by atoms with Crippen molar-refractivity contribution in [2.75, 3.05) is 38.1 Å². The Morgan fingerprint density at radius 1 is 1.15 bits per heavy atom. The normalized spacial score (nSPS) is 17.5. The van der Waals surface area contributed by atoms with Gasteiger partial charge in [-0.1, -0.05) is 12.1 Å². The average Bonchev–Trinajstić information content (AvgIpc) is 3.24. The Kier molecular flexibility index (Phi) is 5.90. The molecule has 2 fully saturated rings. The van der Waals surface area contributed by atoms with Crippen molar-refractivity contribution < 1.29 is 14.4 Å². The topological polar surface area (TPSA) is 106 Å². The van der Waals surface area contributed by atoms with Gasteiger partial charge in [0.2, 0.25) is 11.8 Å². The molecule has 1 aromatic rings. The quantitative estimate of drug-likeness (QED) is 0.371. The van der Waals surface area contributed by atoms with E-state index in [1.807, 2.05) is 29.2 Å². The van der Waals surface area contributed by atoms with Gasteiger partial charge < -0.3 is 20.9 Å². The lowest BCUT2D eigenvalue weighted by Crippen LogP contribution is -2.43. The van der Waals surface area contributed by atoms with Gasteiger partial charge in [-0.15, -0.1) is 0 Å². The predicted octanol–water partition coefficient (Wildman–Crippen LogP) is 0.0302. The standard InChI is InChI=1S/C18H24N6O3/c1-19-17(20-8-10-24-16(26)12-22-18(24)27)21-11-13-4-6-14(7-5-13)23-9-2-3-15(23)25/h4-7H,2-3,8-12H2,1H3,(H,22,27)(H2,19,20,21). The molecule has 9 nitrogen and oxygen atoms in total. The lowest BCUT2D eigenvalue weighted by Gasteiger charge is -2.17. The first kappa shape index (κ1) is 18.7. The molecule has 144 valence electrons. The maximum Gasteiger partial charge on any atom is 0.324 e. The van der Waals surface area contributed by atoms with Crippen LogP contribution in [0.4, 0.5) is 10.5 Å². The Morgan fingerprint density at radius 3 is 2.52 bits per heavy atom. The molecule has 0 radical (unpaired) electrons. The van der Waals surface area contributed by atoms with Crippen LogP contribution in [0.25, 0.3) is 0 Å². The molecule has 27 heavy (non-hydrogen) atoms. The maximum absolute atomic E-state index is 11.8. The highest BCUT2D eigenvalue weighted by Crippen LogP contribution is 2.21. The molecule has 2 heterocycles. The zero-order valence-electron chi connectivity index (χ0n) is 15.3. The largest absolute Gasteiger partial charge is 0.355 e. The summed E-state index contributed by atoms with van der Waals surface area (Å²) in [5.41, 5.74) is 1.99. The van der Waals surface area contributed by atoms with Crippen LogP contribution in [0.2, 0.25) is 0 Å². The molecule has 0 saturated carbocycles. The molecule has 2 saturated heterocycles. The summed E-state index contributed by atoms with van der Waals surface area (Å²) in [4.78, 5) is 41.9. The predicted molar refractivity (Wildman–Crippen MR) is 101 cm³/mol. The van der Waals surface area contributed by atoms with Crippen molar-refractivity contribution in [3.63, 3.8) is 0 Å². The zero-order chi connectivity index (χ0) is 19.2. The summed E-state index contributed by atoms with van der Waals surface area (Å²) in [5.74, 6) is 0.540. The number of imide groups is 1. The maximum atomic E-state index is 11.8. The molecule has 0 aliphatic carbocycles. The number of benzene rings is 1. The van der Waals surface area contributed by atoms with Gasteiger partial charge in [0.15, 0.2) is 5.96 Å². The van der Waals surface area contributed by atoms with Crippen molar-refractivity contribution in [3.8, 4) is 0 Å². The third kappa shape index (κ3) is 4.55. The Morgan fingerprint density at radius 2 is 1.93 bits per heavy atom. The van der Waals surface area contributed by atoms with Crippen LogP contribution >= 0.6 is 0 Å². The summed E-state index contributed by atoms with van der Waals surface area (Å²) < 4.78 is 0. The Hall–Kier alpha value is -3.10. The van der Waals surface area contributed by atoms with E-state index in [0.29, 0.717) is 25.5 Å². The summed E-state index contributed by atoms with van der Waals surface area (Å²) in [6.07, 6.45) is 1.53. The molecule has 3 rings (SSSR count). The third-order valence-corrected chi connectivity index (χ3v) is 4.57. The summed E-state index contributed by atoms with van der Waals surface area (Å²) in [5, 5.41) is 8.75. The smallest absolute Gasteiger partial charge is 0.324 e. The molecular weight excluding hydrogens is 348 g/mol. The minimum Gasteiger partial charge on any atom is -0.355 e. The number of urea groups is 1. The van der Waals surface area contributed by atoms with Crippen molar-refractivity contribution in [2.24, 2.45) is 4.99 Å². The number of carbonyl (C=O) groups excluding carboxylic acids is 3. The Bertz CT molecular complexity index is 730. The van der Waals surface area contributed by atoms with E-state index in [1.165, 1.54) is 4.90 Å². The van der Waals surface area contributed by atoms with Gasteiger partial charge >= 0.3 is 6.03 Å². The first-order valence-electron chi connectivity index (χ1n) is 9.00. The highest BCUT2D eigenvalue weighted by Gasteiger charge is 2.27. The fourth-order valence-corrected chi connectivity index (χ4v) is 3.09. The number of aliphatic imine (C=N–C) groups is 1. The molecule has 9 heteroatoms. The van der Waals surface area contributed by atoms with E-state index in [2.05, 4.69) is 20.9 Å². The molecule has 0 spiro atoms. The molecule has 0 bridgehead atoms. The lowest BCUT2D eigenvalue weighted by molar-refractivity contribution is -0.125. The van der Waals surface area contributed by atoms with E-state index in [9.17, 15) is 14.4 Å². The van der Waals surface area contributed by atoms with E-state index in [4.69, 9.17) is 0 Å². The molecule has 0 aromatic heterocycles. The van der Waals surface area contributed by atoms with Crippen LogP contribution in [0.1, 0.15) is 18.4 Å². The number of guanidine groups is 1. The summed E-state index contributed by atoms with van der Waals surface area (Å²) >= 11 is 0. The average molecular weight is 372 g/mol. The van der Waals surface area contributed by atoms with Gasteiger partial charge in [0, 0.05) is 45.3 Å². The minimum atomic E-state index is -0.360. The van der Waals surface area contributed by atoms with E-state index < -0.39 is 0 Å². The summed E-state index contributed by atoms with van der Waals surface area (Å²) in [6, 6.07) is 7.51. The molecule has 3 N–H and O–H groups in total. The summed E-state index contributed by atoms with van der Waals surface area (Å²) in [7, 11) is 1.66. The number of anilines is 1. The van der Waals surface area contributed by atoms with Crippen molar-refractivity contribution >= 4 is 29.5 Å². The summed E-state index contributed by atoms with van der Waals surface area (Å²) in [6.45, 7) is 2.10. The highest BCUT2D eigenvalue weighted by atomic mass is 16.2. The van der Waals surface area contributed by atoms with Crippen LogP contribution in [0, 0.1) is 0 Å². The van der Waals surface area contributed by atoms with Crippen LogP contribution in [-0.4, -0.2) is 61.9 Å². The number of amides is 4. The Balaban J connectivity index is 1.44. The second-order valence-corrected chi connectivity index (χ2v) is 6.37. The van der Waals surface area contributed by atoms with Gasteiger partial charge in [-0.3, -0.25) is 19.5 Å². The Labute approximate surface area is 157 Å². The molecule has 2 aliphatic heterocycles. The van der Waals surface area contributed by atoms with Crippen LogP contribution < -0.4 is 20.9 Å². The fraction of sp³-hybridized carbons (Fsp3) is 0.444. The number of nitrogens with zero attached hydrogens (tertiary/aromatic N) is 3. The van der Waals surface area contributed by atoms with Gasteiger partial charge in [0.05, 0.1) is 6.54 Å². The lowest BCUT2D eigenvalue weighted by atomic mass is 10.2. The van der Waals surface area contributed by atoms with Gasteiger partial charge in [-0.2, -0.15) is 0 Å². The number of nitrogens with one attached hydrogen (secondary N) is 3. The van der Waals surface area contributed by atoms with Crippen LogP contribution in [-0.2, 0) is 16.1 Å². The SMILES string of the molecule is CN=C(NCCN1C(=O)CNC1=O)NCc1ccc(N2CCCC2=O)cc1. The van der Waals surface area contributed by atoms with Crippen LogP contribution in [0.5, 0.6) is 0 Å². The van der Waals surface area contributed by atoms with Gasteiger partial charge in [0.1, 0.15) is 0 Å². The van der Waals surface area contributed by atoms with Gasteiger partial charge in [-0.05, 0) is 24.1 Å². The minimum absolute atomic E-state index is 0.0603. The zero-order valence-corrected chi connectivity index (χ0v) is 15.3. The van der Waals surface area contributed by atoms with E-state index in [0.717, 1.165) is 24.2 Å². The number of hydrogen-bond donors (Lipinski definition) is 3. The van der Waals surface area contributed by atoms with Gasteiger partial charge in [-0.25, -0.2) is 4.79 Å². The second-order valence-electron chi connectivity index (χ2n) is 6.37. The second kappa shape index (κ2) is 8.52. The highest BCUT2D eigenvalue weighted by molar-refractivity contribution is 6.02. The van der Waals surface area contributed by atoms with Crippen LogP contribution in [0.15, 0.2) is 29.3 Å². The first-order valence-corrected chi connectivity index (χ1v) is 9.00. The molecular formula is C18H24N6O3. The fourth-order valence-electron chi connectivity index (χ4n) is 3.09. The molecule has 0 atom stereocenters. The van der Waals surface area contributed by atoms with Crippen molar-refractivity contribution in [1.82, 2.24) is 20.9 Å². The van der Waals surface area contributed by atoms with Crippen LogP contribution in [0.3, 0.4) is 0 Å². The number of rotatable bonds is 6. The third-order valence-electron chi connectivity index (χ3n) is 4.57. The number of hydrogen-bond acceptors (Lipinski definition) is 4. The first-order chi connectivity index (χ1) is 13.1. The monoisotopic (exact) mass is 372 g/mol. The molecule has 2 aliphatic rings.